The van der Waals surface area contributed by atoms with Gasteiger partial charge in [0.05, 0.1) is 12.5 Å². The third kappa shape index (κ3) is 2.31. The third-order valence-corrected chi connectivity index (χ3v) is 7.38. The van der Waals surface area contributed by atoms with Crippen molar-refractivity contribution in [1.82, 2.24) is 0 Å². The average Bonchev–Trinajstić information content (AvgIpc) is 2.56. The van der Waals surface area contributed by atoms with E-state index in [0.717, 1.165) is 44.1 Å². The van der Waals surface area contributed by atoms with E-state index in [1.165, 1.54) is 12.7 Å². The predicted octanol–water partition coefficient (Wildman–Crippen LogP) is 4.62. The quantitative estimate of drug-likeness (QED) is 0.548. The topological polar surface area (TPSA) is 43.4 Å². The van der Waals surface area contributed by atoms with Crippen molar-refractivity contribution < 1.29 is 14.3 Å². The Hall–Kier alpha value is -1.38. The maximum atomic E-state index is 13.0. The van der Waals surface area contributed by atoms with Crippen molar-refractivity contribution in [3.63, 3.8) is 0 Å². The molecule has 1 fully saturated rings. The lowest BCUT2D eigenvalue weighted by Gasteiger charge is -2.56. The molecule has 0 N–H and O–H groups in total. The Kier molecular flexibility index (Phi) is 4.05. The lowest BCUT2D eigenvalue weighted by Crippen LogP contribution is -2.53. The molecular weight excluding hydrogens is 300 g/mol. The summed E-state index contributed by atoms with van der Waals surface area (Å²) in [6, 6.07) is 0. The molecule has 3 aliphatic carbocycles. The maximum absolute atomic E-state index is 13.0. The van der Waals surface area contributed by atoms with E-state index in [9.17, 15) is 9.59 Å². The number of fused-ring (bicyclic) bond motifs is 2. The van der Waals surface area contributed by atoms with Gasteiger partial charge in [0.15, 0.2) is 5.78 Å². The Morgan fingerprint density at radius 2 is 1.96 bits per heavy atom. The molecule has 3 heteroatoms. The first-order valence-corrected chi connectivity index (χ1v) is 9.18. The van der Waals surface area contributed by atoms with Crippen molar-refractivity contribution in [2.24, 2.45) is 22.2 Å². The summed E-state index contributed by atoms with van der Waals surface area (Å²) in [5.41, 5.74) is 1.80. The molecule has 1 saturated carbocycles. The number of rotatable bonds is 2. The van der Waals surface area contributed by atoms with Crippen LogP contribution in [0.2, 0.25) is 0 Å². The molecular formula is C21H30O3. The van der Waals surface area contributed by atoms with Crippen molar-refractivity contribution in [2.75, 3.05) is 7.11 Å². The van der Waals surface area contributed by atoms with Gasteiger partial charge >= 0.3 is 5.97 Å². The highest BCUT2D eigenvalue weighted by Gasteiger charge is 2.58. The summed E-state index contributed by atoms with van der Waals surface area (Å²) >= 11 is 0. The number of allylic oxidation sites excluding steroid dienone is 3. The van der Waals surface area contributed by atoms with Crippen LogP contribution in [-0.4, -0.2) is 18.9 Å². The van der Waals surface area contributed by atoms with Crippen molar-refractivity contribution in [3.8, 4) is 0 Å². The minimum absolute atomic E-state index is 0.0258. The molecule has 0 heterocycles. The number of carbonyl (C=O) groups excluding carboxylic acids is 2. The van der Waals surface area contributed by atoms with Crippen molar-refractivity contribution in [2.45, 2.75) is 65.7 Å². The van der Waals surface area contributed by atoms with Crippen LogP contribution in [0.15, 0.2) is 23.8 Å². The van der Waals surface area contributed by atoms with Gasteiger partial charge in [0.2, 0.25) is 0 Å². The third-order valence-electron chi connectivity index (χ3n) is 7.38. The smallest absolute Gasteiger partial charge is 0.311 e. The fourth-order valence-electron chi connectivity index (χ4n) is 5.70. The summed E-state index contributed by atoms with van der Waals surface area (Å²) in [5, 5.41) is 0. The van der Waals surface area contributed by atoms with Crippen LogP contribution in [0.5, 0.6) is 0 Å². The van der Waals surface area contributed by atoms with Crippen LogP contribution in [0.1, 0.15) is 65.7 Å². The molecule has 0 aromatic carbocycles. The summed E-state index contributed by atoms with van der Waals surface area (Å²) in [7, 11) is 1.46. The Morgan fingerprint density at radius 1 is 1.25 bits per heavy atom. The Morgan fingerprint density at radius 3 is 2.58 bits per heavy atom. The SMILES string of the molecule is C=C[C@@]1(C)CCC2=C(C1)C(=O)C[C@H]1[C@](C)(C(=O)OC)CCC[C@]21C. The second kappa shape index (κ2) is 5.57. The Balaban J connectivity index is 2.07. The number of methoxy groups -OCH3 is 1. The molecule has 24 heavy (non-hydrogen) atoms. The van der Waals surface area contributed by atoms with Crippen molar-refractivity contribution in [3.05, 3.63) is 23.8 Å². The molecule has 0 unspecified atom stereocenters. The average molecular weight is 330 g/mol. The molecule has 0 aliphatic heterocycles. The maximum Gasteiger partial charge on any atom is 0.311 e. The van der Waals surface area contributed by atoms with Gasteiger partial charge in [0.1, 0.15) is 0 Å². The zero-order valence-electron chi connectivity index (χ0n) is 15.5. The van der Waals surface area contributed by atoms with Gasteiger partial charge in [-0.05, 0) is 61.3 Å². The van der Waals surface area contributed by atoms with E-state index in [1.54, 1.807) is 0 Å². The number of hydrogen-bond donors (Lipinski definition) is 0. The van der Waals surface area contributed by atoms with Crippen LogP contribution < -0.4 is 0 Å². The normalized spacial score (nSPS) is 42.2. The van der Waals surface area contributed by atoms with Crippen molar-refractivity contribution in [1.29, 1.82) is 0 Å². The second-order valence-electron chi connectivity index (χ2n) is 8.85. The van der Waals surface area contributed by atoms with Crippen LogP contribution in [0, 0.1) is 22.2 Å². The summed E-state index contributed by atoms with van der Waals surface area (Å²) in [6.45, 7) is 10.5. The fourth-order valence-corrected chi connectivity index (χ4v) is 5.70. The minimum atomic E-state index is -0.547. The first-order valence-electron chi connectivity index (χ1n) is 9.18. The molecule has 4 atom stereocenters. The van der Waals surface area contributed by atoms with Crippen LogP contribution >= 0.6 is 0 Å². The lowest BCUT2D eigenvalue weighted by atomic mass is 9.47. The van der Waals surface area contributed by atoms with E-state index in [2.05, 4.69) is 20.4 Å². The number of ether oxygens (including phenoxy) is 1. The summed E-state index contributed by atoms with van der Waals surface area (Å²) in [5.74, 6) is 0.157. The zero-order valence-corrected chi connectivity index (χ0v) is 15.5. The number of hydrogen-bond acceptors (Lipinski definition) is 3. The zero-order chi connectivity index (χ0) is 17.8. The highest BCUT2D eigenvalue weighted by atomic mass is 16.5. The van der Waals surface area contributed by atoms with Gasteiger partial charge in [-0.2, -0.15) is 0 Å². The molecule has 0 spiro atoms. The van der Waals surface area contributed by atoms with E-state index < -0.39 is 5.41 Å². The van der Waals surface area contributed by atoms with Crippen molar-refractivity contribution >= 4 is 11.8 Å². The molecule has 0 saturated heterocycles. The lowest BCUT2D eigenvalue weighted by molar-refractivity contribution is -0.163. The first kappa shape index (κ1) is 17.4. The van der Waals surface area contributed by atoms with Gasteiger partial charge in [-0.15, -0.1) is 6.58 Å². The number of esters is 1. The Labute approximate surface area is 145 Å². The van der Waals surface area contributed by atoms with Crippen LogP contribution in [0.3, 0.4) is 0 Å². The van der Waals surface area contributed by atoms with E-state index in [0.29, 0.717) is 6.42 Å². The highest BCUT2D eigenvalue weighted by Crippen LogP contribution is 2.62. The largest absolute Gasteiger partial charge is 0.469 e. The van der Waals surface area contributed by atoms with Gasteiger partial charge in [-0.1, -0.05) is 31.9 Å². The van der Waals surface area contributed by atoms with Gasteiger partial charge in [0.25, 0.3) is 0 Å². The number of carbonyl (C=O) groups is 2. The molecule has 132 valence electrons. The summed E-state index contributed by atoms with van der Waals surface area (Å²) in [4.78, 5) is 25.5. The molecule has 0 amide bonds. The van der Waals surface area contributed by atoms with Gasteiger partial charge in [-0.25, -0.2) is 0 Å². The van der Waals surface area contributed by atoms with Gasteiger partial charge < -0.3 is 4.74 Å². The molecule has 0 bridgehead atoms. The monoisotopic (exact) mass is 330 g/mol. The second-order valence-corrected chi connectivity index (χ2v) is 8.85. The summed E-state index contributed by atoms with van der Waals surface area (Å²) < 4.78 is 5.13. The molecule has 0 aromatic rings. The van der Waals surface area contributed by atoms with Crippen LogP contribution in [-0.2, 0) is 14.3 Å². The standard InChI is InChI=1S/C21H30O3/c1-6-19(2)11-8-15-14(13-19)16(22)12-17-20(15,3)9-7-10-21(17,4)18(23)24-5/h6,17H,1,7-13H2,2-5H3/t17-,19+,20-,21-/m1/s1. The van der Waals surface area contributed by atoms with Gasteiger partial charge in [0, 0.05) is 6.42 Å². The van der Waals surface area contributed by atoms with Gasteiger partial charge in [-0.3, -0.25) is 9.59 Å². The number of ketones is 1. The molecule has 0 aromatic heterocycles. The van der Waals surface area contributed by atoms with E-state index in [1.807, 2.05) is 13.0 Å². The highest BCUT2D eigenvalue weighted by molar-refractivity contribution is 5.98. The predicted molar refractivity (Wildman–Crippen MR) is 94.4 cm³/mol. The Bertz CT molecular complexity index is 631. The minimum Gasteiger partial charge on any atom is -0.469 e. The molecule has 3 nitrogen and oxygen atoms in total. The molecule has 3 rings (SSSR count). The molecule has 0 radical (unpaired) electrons. The van der Waals surface area contributed by atoms with E-state index in [-0.39, 0.29) is 28.5 Å². The fraction of sp³-hybridized carbons (Fsp3) is 0.714. The summed E-state index contributed by atoms with van der Waals surface area (Å²) in [6.07, 6.45) is 8.20. The molecule has 3 aliphatic rings. The first-order chi connectivity index (χ1) is 11.2. The number of Topliss-reactive ketones (excluding diaryl/α,β-unsaturated/α-hetero) is 1. The van der Waals surface area contributed by atoms with Crippen LogP contribution in [0.25, 0.3) is 0 Å². The van der Waals surface area contributed by atoms with E-state index in [4.69, 9.17) is 4.74 Å². The van der Waals surface area contributed by atoms with E-state index >= 15 is 0 Å². The van der Waals surface area contributed by atoms with Crippen LogP contribution in [0.4, 0.5) is 0 Å².